The number of thiazole rings is 1. The van der Waals surface area contributed by atoms with Crippen molar-refractivity contribution < 1.29 is 0 Å². The summed E-state index contributed by atoms with van der Waals surface area (Å²) in [5, 5.41) is 8.23. The maximum atomic E-state index is 4.37. The van der Waals surface area contributed by atoms with Gasteiger partial charge in [0, 0.05) is 17.6 Å². The van der Waals surface area contributed by atoms with E-state index in [2.05, 4.69) is 29.5 Å². The molecule has 0 amide bonds. The molecule has 1 saturated heterocycles. The third-order valence-corrected chi connectivity index (χ3v) is 4.77. The van der Waals surface area contributed by atoms with Gasteiger partial charge < -0.3 is 10.6 Å². The minimum absolute atomic E-state index is 0.823. The molecular weight excluding hydrogens is 242 g/mol. The molecule has 4 heteroatoms. The maximum Gasteiger partial charge on any atom is 0.107 e. The van der Waals surface area contributed by atoms with Crippen LogP contribution < -0.4 is 10.6 Å². The van der Waals surface area contributed by atoms with Crippen molar-refractivity contribution in [3.63, 3.8) is 0 Å². The largest absolute Gasteiger partial charge is 0.316 e. The van der Waals surface area contributed by atoms with Gasteiger partial charge in [-0.2, -0.15) is 0 Å². The first-order valence-electron chi connectivity index (χ1n) is 7.08. The van der Waals surface area contributed by atoms with E-state index in [1.54, 1.807) is 11.3 Å². The van der Waals surface area contributed by atoms with Gasteiger partial charge in [0.05, 0.1) is 0 Å². The molecule has 1 aromatic rings. The van der Waals surface area contributed by atoms with E-state index in [9.17, 15) is 0 Å². The van der Waals surface area contributed by atoms with Crippen LogP contribution in [0.1, 0.15) is 36.1 Å². The van der Waals surface area contributed by atoms with Gasteiger partial charge in [-0.25, -0.2) is 4.98 Å². The summed E-state index contributed by atoms with van der Waals surface area (Å²) in [6, 6.07) is 0. The molecule has 0 aliphatic carbocycles. The number of nitrogens with zero attached hydrogens (tertiary/aromatic N) is 1. The van der Waals surface area contributed by atoms with Crippen molar-refractivity contribution in [1.82, 2.24) is 15.6 Å². The topological polar surface area (TPSA) is 37.0 Å². The van der Waals surface area contributed by atoms with Crippen LogP contribution in [0.25, 0.3) is 0 Å². The first-order valence-corrected chi connectivity index (χ1v) is 7.90. The SMILES string of the molecule is Cc1cnc(CNCCC(C)C2CCCNC2)s1. The van der Waals surface area contributed by atoms with Gasteiger partial charge in [0.1, 0.15) is 5.01 Å². The Morgan fingerprint density at radius 1 is 1.61 bits per heavy atom. The van der Waals surface area contributed by atoms with Gasteiger partial charge in [0.25, 0.3) is 0 Å². The molecular formula is C14H25N3S. The van der Waals surface area contributed by atoms with E-state index in [1.807, 2.05) is 6.20 Å². The van der Waals surface area contributed by atoms with Crippen LogP contribution in [0.2, 0.25) is 0 Å². The highest BCUT2D eigenvalue weighted by atomic mass is 32.1. The lowest BCUT2D eigenvalue weighted by Crippen LogP contribution is -2.34. The van der Waals surface area contributed by atoms with Crippen LogP contribution in [-0.4, -0.2) is 24.6 Å². The number of aromatic nitrogens is 1. The first kappa shape index (κ1) is 14.0. The molecule has 1 aromatic heterocycles. The van der Waals surface area contributed by atoms with Crippen LogP contribution in [0.4, 0.5) is 0 Å². The minimum Gasteiger partial charge on any atom is -0.316 e. The molecule has 2 atom stereocenters. The summed E-state index contributed by atoms with van der Waals surface area (Å²) >= 11 is 1.79. The standard InChI is InChI=1S/C14H25N3S/c1-11(13-4-3-6-15-9-13)5-7-16-10-14-17-8-12(2)18-14/h8,11,13,15-16H,3-7,9-10H2,1-2H3. The average molecular weight is 267 g/mol. The molecule has 1 fully saturated rings. The van der Waals surface area contributed by atoms with Gasteiger partial charge in [-0.05, 0) is 57.7 Å². The Hall–Kier alpha value is -0.450. The Labute approximate surface area is 114 Å². The Morgan fingerprint density at radius 3 is 3.17 bits per heavy atom. The van der Waals surface area contributed by atoms with Gasteiger partial charge in [0.15, 0.2) is 0 Å². The normalized spacial score (nSPS) is 22.0. The minimum atomic E-state index is 0.823. The summed E-state index contributed by atoms with van der Waals surface area (Å²) in [5.74, 6) is 1.70. The highest BCUT2D eigenvalue weighted by Crippen LogP contribution is 2.22. The van der Waals surface area contributed by atoms with E-state index in [4.69, 9.17) is 0 Å². The van der Waals surface area contributed by atoms with E-state index < -0.39 is 0 Å². The van der Waals surface area contributed by atoms with Gasteiger partial charge in [-0.3, -0.25) is 0 Å². The third-order valence-electron chi connectivity index (χ3n) is 3.86. The lowest BCUT2D eigenvalue weighted by atomic mass is 9.85. The Balaban J connectivity index is 1.59. The van der Waals surface area contributed by atoms with Crippen molar-refractivity contribution in [2.24, 2.45) is 11.8 Å². The zero-order valence-electron chi connectivity index (χ0n) is 11.5. The number of nitrogens with one attached hydrogen (secondary N) is 2. The van der Waals surface area contributed by atoms with Crippen molar-refractivity contribution in [3.8, 4) is 0 Å². The molecule has 0 radical (unpaired) electrons. The Morgan fingerprint density at radius 2 is 2.50 bits per heavy atom. The Bertz CT molecular complexity index is 345. The lowest BCUT2D eigenvalue weighted by Gasteiger charge is -2.28. The second kappa shape index (κ2) is 7.22. The molecule has 0 saturated carbocycles. The number of hydrogen-bond acceptors (Lipinski definition) is 4. The third kappa shape index (κ3) is 4.34. The fourth-order valence-corrected chi connectivity index (χ4v) is 3.37. The van der Waals surface area contributed by atoms with E-state index in [0.29, 0.717) is 0 Å². The van der Waals surface area contributed by atoms with Crippen LogP contribution in [0.5, 0.6) is 0 Å². The monoisotopic (exact) mass is 267 g/mol. The molecule has 1 aliphatic heterocycles. The lowest BCUT2D eigenvalue weighted by molar-refractivity contribution is 0.266. The van der Waals surface area contributed by atoms with E-state index in [1.165, 1.54) is 42.2 Å². The molecule has 0 bridgehead atoms. The maximum absolute atomic E-state index is 4.37. The van der Waals surface area contributed by atoms with Crippen LogP contribution in [0, 0.1) is 18.8 Å². The summed E-state index contributed by atoms with van der Waals surface area (Å²) in [6.45, 7) is 8.97. The summed E-state index contributed by atoms with van der Waals surface area (Å²) in [7, 11) is 0. The van der Waals surface area contributed by atoms with Crippen LogP contribution in [0.3, 0.4) is 0 Å². The molecule has 18 heavy (non-hydrogen) atoms. The Kier molecular flexibility index (Phi) is 5.60. The van der Waals surface area contributed by atoms with Crippen molar-refractivity contribution in [3.05, 3.63) is 16.1 Å². The summed E-state index contributed by atoms with van der Waals surface area (Å²) < 4.78 is 0. The van der Waals surface area contributed by atoms with Crippen molar-refractivity contribution in [2.75, 3.05) is 19.6 Å². The zero-order valence-corrected chi connectivity index (χ0v) is 12.4. The average Bonchev–Trinajstić information content (AvgIpc) is 2.81. The summed E-state index contributed by atoms with van der Waals surface area (Å²) in [4.78, 5) is 5.67. The molecule has 3 nitrogen and oxygen atoms in total. The predicted octanol–water partition coefficient (Wildman–Crippen LogP) is 2.57. The highest BCUT2D eigenvalue weighted by molar-refractivity contribution is 7.11. The second-order valence-corrected chi connectivity index (χ2v) is 6.73. The molecule has 2 N–H and O–H groups in total. The molecule has 2 heterocycles. The van der Waals surface area contributed by atoms with Gasteiger partial charge in [0.2, 0.25) is 0 Å². The van der Waals surface area contributed by atoms with Crippen LogP contribution >= 0.6 is 11.3 Å². The van der Waals surface area contributed by atoms with Crippen molar-refractivity contribution >= 4 is 11.3 Å². The fraction of sp³-hybridized carbons (Fsp3) is 0.786. The zero-order chi connectivity index (χ0) is 12.8. The molecule has 2 rings (SSSR count). The van der Waals surface area contributed by atoms with E-state index in [-0.39, 0.29) is 0 Å². The molecule has 2 unspecified atom stereocenters. The number of rotatable bonds is 6. The second-order valence-electron chi connectivity index (χ2n) is 5.41. The van der Waals surface area contributed by atoms with Gasteiger partial charge >= 0.3 is 0 Å². The number of aryl methyl sites for hydroxylation is 1. The van der Waals surface area contributed by atoms with Gasteiger partial charge in [-0.1, -0.05) is 6.92 Å². The predicted molar refractivity (Wildman–Crippen MR) is 77.9 cm³/mol. The smallest absolute Gasteiger partial charge is 0.107 e. The molecule has 102 valence electrons. The highest BCUT2D eigenvalue weighted by Gasteiger charge is 2.19. The van der Waals surface area contributed by atoms with Crippen LogP contribution in [-0.2, 0) is 6.54 Å². The van der Waals surface area contributed by atoms with Crippen molar-refractivity contribution in [1.29, 1.82) is 0 Å². The first-order chi connectivity index (χ1) is 8.75. The van der Waals surface area contributed by atoms with E-state index >= 15 is 0 Å². The quantitative estimate of drug-likeness (QED) is 0.778. The number of hydrogen-bond donors (Lipinski definition) is 2. The number of piperidine rings is 1. The van der Waals surface area contributed by atoms with Crippen molar-refractivity contribution in [2.45, 2.75) is 39.7 Å². The van der Waals surface area contributed by atoms with E-state index in [0.717, 1.165) is 24.9 Å². The molecule has 1 aliphatic rings. The molecule has 0 spiro atoms. The molecule has 0 aromatic carbocycles. The van der Waals surface area contributed by atoms with Crippen LogP contribution in [0.15, 0.2) is 6.20 Å². The van der Waals surface area contributed by atoms with Gasteiger partial charge in [-0.15, -0.1) is 11.3 Å². The summed E-state index contributed by atoms with van der Waals surface area (Å²) in [5.41, 5.74) is 0. The fourth-order valence-electron chi connectivity index (χ4n) is 2.61. The summed E-state index contributed by atoms with van der Waals surface area (Å²) in [6.07, 6.45) is 5.98.